The Balaban J connectivity index is 2.04. The molecule has 1 aromatic carbocycles. The SMILES string of the molecule is CNC(c1cc2cccc(F)c2o1)C1(OC)CCC1. The Kier molecular flexibility index (Phi) is 3.07. The molecule has 0 aliphatic heterocycles. The Morgan fingerprint density at radius 1 is 1.42 bits per heavy atom. The third-order valence-corrected chi connectivity index (χ3v) is 4.22. The van der Waals surface area contributed by atoms with Gasteiger partial charge < -0.3 is 14.5 Å². The van der Waals surface area contributed by atoms with E-state index >= 15 is 0 Å². The van der Waals surface area contributed by atoms with E-state index in [9.17, 15) is 4.39 Å². The molecule has 1 atom stereocenters. The van der Waals surface area contributed by atoms with E-state index in [0.717, 1.165) is 30.4 Å². The first-order valence-electron chi connectivity index (χ1n) is 6.60. The third kappa shape index (κ3) is 1.86. The van der Waals surface area contributed by atoms with Crippen LogP contribution in [0.3, 0.4) is 0 Å². The number of furan rings is 1. The monoisotopic (exact) mass is 263 g/mol. The van der Waals surface area contributed by atoms with Gasteiger partial charge in [-0.1, -0.05) is 12.1 Å². The molecule has 19 heavy (non-hydrogen) atoms. The minimum absolute atomic E-state index is 0.0435. The van der Waals surface area contributed by atoms with Gasteiger partial charge in [0, 0.05) is 12.5 Å². The molecular formula is C15H18FNO2. The van der Waals surface area contributed by atoms with Crippen molar-refractivity contribution in [3.8, 4) is 0 Å². The number of halogens is 1. The molecule has 0 saturated heterocycles. The van der Waals surface area contributed by atoms with Gasteiger partial charge in [0.1, 0.15) is 5.76 Å². The zero-order valence-electron chi connectivity index (χ0n) is 11.2. The van der Waals surface area contributed by atoms with E-state index in [1.54, 1.807) is 13.2 Å². The maximum atomic E-state index is 13.7. The highest BCUT2D eigenvalue weighted by Crippen LogP contribution is 2.45. The molecule has 1 aliphatic carbocycles. The molecule has 4 heteroatoms. The fourth-order valence-corrected chi connectivity index (χ4v) is 2.99. The van der Waals surface area contributed by atoms with Crippen molar-refractivity contribution in [1.82, 2.24) is 5.32 Å². The van der Waals surface area contributed by atoms with E-state index in [4.69, 9.17) is 9.15 Å². The number of ether oxygens (including phenoxy) is 1. The van der Waals surface area contributed by atoms with E-state index < -0.39 is 0 Å². The van der Waals surface area contributed by atoms with Crippen molar-refractivity contribution in [2.75, 3.05) is 14.2 Å². The van der Waals surface area contributed by atoms with E-state index in [1.807, 2.05) is 19.2 Å². The molecule has 1 aliphatic rings. The van der Waals surface area contributed by atoms with Gasteiger partial charge in [-0.15, -0.1) is 0 Å². The predicted octanol–water partition coefficient (Wildman–Crippen LogP) is 3.40. The van der Waals surface area contributed by atoms with E-state index in [1.165, 1.54) is 6.07 Å². The first-order chi connectivity index (χ1) is 9.20. The Hall–Kier alpha value is -1.39. The Morgan fingerprint density at radius 2 is 2.21 bits per heavy atom. The summed E-state index contributed by atoms with van der Waals surface area (Å²) in [6.45, 7) is 0. The summed E-state index contributed by atoms with van der Waals surface area (Å²) in [6.07, 6.45) is 3.14. The van der Waals surface area contributed by atoms with Gasteiger partial charge in [-0.3, -0.25) is 0 Å². The molecule has 1 aromatic heterocycles. The summed E-state index contributed by atoms with van der Waals surface area (Å²) >= 11 is 0. The van der Waals surface area contributed by atoms with Gasteiger partial charge in [-0.25, -0.2) is 4.39 Å². The Morgan fingerprint density at radius 3 is 2.74 bits per heavy atom. The number of hydrogen-bond donors (Lipinski definition) is 1. The molecule has 1 N–H and O–H groups in total. The molecule has 0 amide bonds. The minimum Gasteiger partial charge on any atom is -0.456 e. The Labute approximate surface area is 111 Å². The summed E-state index contributed by atoms with van der Waals surface area (Å²) in [5.41, 5.74) is 0.0994. The second-order valence-electron chi connectivity index (χ2n) is 5.15. The number of fused-ring (bicyclic) bond motifs is 1. The lowest BCUT2D eigenvalue weighted by atomic mass is 9.73. The van der Waals surface area contributed by atoms with Crippen LogP contribution >= 0.6 is 0 Å². The van der Waals surface area contributed by atoms with Gasteiger partial charge in [0.15, 0.2) is 11.4 Å². The van der Waals surface area contributed by atoms with Crippen LogP contribution in [0.1, 0.15) is 31.1 Å². The number of rotatable bonds is 4. The maximum absolute atomic E-state index is 13.7. The largest absolute Gasteiger partial charge is 0.456 e. The summed E-state index contributed by atoms with van der Waals surface area (Å²) in [6, 6.07) is 6.83. The van der Waals surface area contributed by atoms with Crippen LogP contribution in [0.15, 0.2) is 28.7 Å². The molecule has 2 aromatic rings. The molecule has 0 bridgehead atoms. The average Bonchev–Trinajstić information content (AvgIpc) is 2.78. The summed E-state index contributed by atoms with van der Waals surface area (Å²) in [7, 11) is 3.61. The number of hydrogen-bond acceptors (Lipinski definition) is 3. The van der Waals surface area contributed by atoms with Crippen molar-refractivity contribution < 1.29 is 13.5 Å². The van der Waals surface area contributed by atoms with Gasteiger partial charge >= 0.3 is 0 Å². The zero-order chi connectivity index (χ0) is 13.5. The van der Waals surface area contributed by atoms with Crippen LogP contribution in [0.25, 0.3) is 11.0 Å². The standard InChI is InChI=1S/C15H18FNO2/c1-17-14(15(18-2)7-4-8-15)12-9-10-5-3-6-11(16)13(10)19-12/h3,5-6,9,14,17H,4,7-8H2,1-2H3. The summed E-state index contributed by atoms with van der Waals surface area (Å²) < 4.78 is 25.1. The van der Waals surface area contributed by atoms with Gasteiger partial charge in [0.2, 0.25) is 0 Å². The molecule has 102 valence electrons. The first-order valence-corrected chi connectivity index (χ1v) is 6.60. The van der Waals surface area contributed by atoms with Gasteiger partial charge in [0.25, 0.3) is 0 Å². The molecule has 1 saturated carbocycles. The molecule has 3 rings (SSSR count). The second kappa shape index (κ2) is 4.62. The quantitative estimate of drug-likeness (QED) is 0.918. The van der Waals surface area contributed by atoms with Crippen molar-refractivity contribution in [2.24, 2.45) is 0 Å². The summed E-state index contributed by atoms with van der Waals surface area (Å²) in [5.74, 6) is 0.419. The smallest absolute Gasteiger partial charge is 0.169 e. The van der Waals surface area contributed by atoms with Crippen LogP contribution in [0, 0.1) is 5.82 Å². The highest BCUT2D eigenvalue weighted by atomic mass is 19.1. The lowest BCUT2D eigenvalue weighted by Gasteiger charge is -2.45. The highest BCUT2D eigenvalue weighted by molar-refractivity contribution is 5.78. The number of nitrogens with one attached hydrogen (secondary N) is 1. The topological polar surface area (TPSA) is 34.4 Å². The van der Waals surface area contributed by atoms with Crippen molar-refractivity contribution in [3.63, 3.8) is 0 Å². The molecule has 1 unspecified atom stereocenters. The molecule has 3 nitrogen and oxygen atoms in total. The molecule has 1 heterocycles. The van der Waals surface area contributed by atoms with Crippen molar-refractivity contribution in [2.45, 2.75) is 30.9 Å². The van der Waals surface area contributed by atoms with Crippen LogP contribution in [-0.4, -0.2) is 19.8 Å². The number of benzene rings is 1. The van der Waals surface area contributed by atoms with Crippen molar-refractivity contribution in [1.29, 1.82) is 0 Å². The van der Waals surface area contributed by atoms with Crippen LogP contribution in [0.4, 0.5) is 4.39 Å². The maximum Gasteiger partial charge on any atom is 0.169 e. The fourth-order valence-electron chi connectivity index (χ4n) is 2.99. The lowest BCUT2D eigenvalue weighted by molar-refractivity contribution is -0.102. The molecular weight excluding hydrogens is 245 g/mol. The average molecular weight is 263 g/mol. The van der Waals surface area contributed by atoms with Gasteiger partial charge in [-0.2, -0.15) is 0 Å². The van der Waals surface area contributed by atoms with Crippen molar-refractivity contribution in [3.05, 3.63) is 35.8 Å². The van der Waals surface area contributed by atoms with Crippen LogP contribution in [0.2, 0.25) is 0 Å². The van der Waals surface area contributed by atoms with Crippen molar-refractivity contribution >= 4 is 11.0 Å². The second-order valence-corrected chi connectivity index (χ2v) is 5.15. The van der Waals surface area contributed by atoms with E-state index in [0.29, 0.717) is 5.58 Å². The van der Waals surface area contributed by atoms with E-state index in [2.05, 4.69) is 5.32 Å². The molecule has 1 fully saturated rings. The summed E-state index contributed by atoms with van der Waals surface area (Å²) in [5, 5.41) is 4.04. The van der Waals surface area contributed by atoms with Crippen LogP contribution in [0.5, 0.6) is 0 Å². The fraction of sp³-hybridized carbons (Fsp3) is 0.467. The number of methoxy groups -OCH3 is 1. The lowest BCUT2D eigenvalue weighted by Crippen LogP contribution is -2.49. The van der Waals surface area contributed by atoms with E-state index in [-0.39, 0.29) is 17.5 Å². The first kappa shape index (κ1) is 12.6. The minimum atomic E-state index is -0.321. The van der Waals surface area contributed by atoms with Crippen LogP contribution in [-0.2, 0) is 4.74 Å². The van der Waals surface area contributed by atoms with Crippen LogP contribution < -0.4 is 5.32 Å². The Bertz CT molecular complexity index is 583. The molecule has 0 spiro atoms. The normalized spacial score (nSPS) is 19.3. The summed E-state index contributed by atoms with van der Waals surface area (Å²) in [4.78, 5) is 0. The number of para-hydroxylation sites is 1. The third-order valence-electron chi connectivity index (χ3n) is 4.22. The highest BCUT2D eigenvalue weighted by Gasteiger charge is 2.46. The predicted molar refractivity (Wildman–Crippen MR) is 71.6 cm³/mol. The molecule has 0 radical (unpaired) electrons. The van der Waals surface area contributed by atoms with Gasteiger partial charge in [-0.05, 0) is 38.4 Å². The zero-order valence-corrected chi connectivity index (χ0v) is 11.2. The number of likely N-dealkylation sites (N-methyl/N-ethyl adjacent to an activating group) is 1. The van der Waals surface area contributed by atoms with Gasteiger partial charge in [0.05, 0.1) is 11.6 Å².